The van der Waals surface area contributed by atoms with Crippen LogP contribution in [-0.4, -0.2) is 55.0 Å². The van der Waals surface area contributed by atoms with Crippen molar-refractivity contribution < 1.29 is 12.8 Å². The predicted molar refractivity (Wildman–Crippen MR) is 84.0 cm³/mol. The Hall–Kier alpha value is -1.09. The summed E-state index contributed by atoms with van der Waals surface area (Å²) in [7, 11) is -3.13. The Balaban J connectivity index is 2.02. The lowest BCUT2D eigenvalue weighted by Crippen LogP contribution is -2.47. The third-order valence-corrected chi connectivity index (χ3v) is 4.99. The Labute approximate surface area is 129 Å². The summed E-state index contributed by atoms with van der Waals surface area (Å²) in [5.41, 5.74) is 6.82. The molecule has 0 bridgehead atoms. The van der Waals surface area contributed by atoms with E-state index in [0.29, 0.717) is 38.3 Å². The van der Waals surface area contributed by atoms with Crippen molar-refractivity contribution in [2.45, 2.75) is 6.54 Å². The monoisotopic (exact) mass is 331 g/mol. The maximum atomic E-state index is 13.5. The average Bonchev–Trinajstić information content (AvgIpc) is 2.37. The van der Waals surface area contributed by atoms with Gasteiger partial charge in [0.25, 0.3) is 0 Å². The summed E-state index contributed by atoms with van der Waals surface area (Å²) in [4.78, 5) is 2.25. The molecule has 1 aliphatic heterocycles. The Morgan fingerprint density at radius 3 is 2.43 bits per heavy atom. The largest absolute Gasteiger partial charge is 0.389 e. The molecule has 1 aliphatic rings. The van der Waals surface area contributed by atoms with Crippen molar-refractivity contribution in [1.82, 2.24) is 9.21 Å². The summed E-state index contributed by atoms with van der Waals surface area (Å²) in [6.45, 7) is 2.69. The standard InChI is InChI=1S/C13H18FN3O2S2/c1-21(18,19)17-4-2-16(3-5-17)9-10-6-11(13(15)20)8-12(14)7-10/h6-8H,2-5,9H2,1H3,(H2,15,20). The number of benzene rings is 1. The lowest BCUT2D eigenvalue weighted by Gasteiger charge is -2.33. The van der Waals surface area contributed by atoms with E-state index < -0.39 is 10.0 Å². The van der Waals surface area contributed by atoms with E-state index in [-0.39, 0.29) is 10.8 Å². The fourth-order valence-electron chi connectivity index (χ4n) is 2.36. The van der Waals surface area contributed by atoms with E-state index in [9.17, 15) is 12.8 Å². The van der Waals surface area contributed by atoms with Crippen molar-refractivity contribution in [2.24, 2.45) is 5.73 Å². The van der Waals surface area contributed by atoms with Crippen LogP contribution >= 0.6 is 12.2 Å². The molecule has 0 atom stereocenters. The van der Waals surface area contributed by atoms with Crippen LogP contribution in [0.5, 0.6) is 0 Å². The highest BCUT2D eigenvalue weighted by Gasteiger charge is 2.23. The van der Waals surface area contributed by atoms with E-state index in [1.54, 1.807) is 6.07 Å². The first-order valence-corrected chi connectivity index (χ1v) is 8.78. The van der Waals surface area contributed by atoms with Crippen LogP contribution in [0.4, 0.5) is 4.39 Å². The zero-order valence-corrected chi connectivity index (χ0v) is 13.4. The number of nitrogens with two attached hydrogens (primary N) is 1. The minimum absolute atomic E-state index is 0.164. The Bertz CT molecular complexity index is 641. The van der Waals surface area contributed by atoms with Gasteiger partial charge in [-0.2, -0.15) is 4.31 Å². The van der Waals surface area contributed by atoms with Gasteiger partial charge in [-0.05, 0) is 23.8 Å². The van der Waals surface area contributed by atoms with Gasteiger partial charge in [-0.25, -0.2) is 12.8 Å². The van der Waals surface area contributed by atoms with Crippen LogP contribution in [0.3, 0.4) is 0 Å². The number of piperazine rings is 1. The van der Waals surface area contributed by atoms with Crippen molar-refractivity contribution in [2.75, 3.05) is 32.4 Å². The molecule has 21 heavy (non-hydrogen) atoms. The molecule has 0 unspecified atom stereocenters. The third-order valence-electron chi connectivity index (χ3n) is 3.45. The van der Waals surface area contributed by atoms with Crippen molar-refractivity contribution in [3.05, 3.63) is 35.1 Å². The van der Waals surface area contributed by atoms with Crippen LogP contribution in [0.15, 0.2) is 18.2 Å². The molecule has 116 valence electrons. The van der Waals surface area contributed by atoms with E-state index in [4.69, 9.17) is 18.0 Å². The van der Waals surface area contributed by atoms with Crippen LogP contribution < -0.4 is 5.73 Å². The lowest BCUT2D eigenvalue weighted by atomic mass is 10.1. The maximum absolute atomic E-state index is 13.5. The van der Waals surface area contributed by atoms with Gasteiger partial charge in [0.2, 0.25) is 10.0 Å². The minimum Gasteiger partial charge on any atom is -0.389 e. The number of thiocarbonyl (C=S) groups is 1. The summed E-state index contributed by atoms with van der Waals surface area (Å²) >= 11 is 4.87. The van der Waals surface area contributed by atoms with Gasteiger partial charge in [-0.3, -0.25) is 4.90 Å². The molecular formula is C13H18FN3O2S2. The van der Waals surface area contributed by atoms with Crippen LogP contribution in [-0.2, 0) is 16.6 Å². The number of nitrogens with zero attached hydrogens (tertiary/aromatic N) is 2. The second-order valence-corrected chi connectivity index (χ2v) is 7.57. The average molecular weight is 331 g/mol. The SMILES string of the molecule is CS(=O)(=O)N1CCN(Cc2cc(F)cc(C(N)=S)c2)CC1. The summed E-state index contributed by atoms with van der Waals surface area (Å²) in [5, 5.41) is 0. The quantitative estimate of drug-likeness (QED) is 0.816. The molecule has 1 aromatic rings. The molecule has 0 aliphatic carbocycles. The van der Waals surface area contributed by atoms with Gasteiger partial charge in [0, 0.05) is 38.3 Å². The number of halogens is 1. The molecule has 0 spiro atoms. The van der Waals surface area contributed by atoms with Crippen LogP contribution in [0.1, 0.15) is 11.1 Å². The third kappa shape index (κ3) is 4.44. The van der Waals surface area contributed by atoms with Gasteiger partial charge in [0.05, 0.1) is 6.26 Å². The Kier molecular flexibility index (Phi) is 4.92. The van der Waals surface area contributed by atoms with Gasteiger partial charge in [0.1, 0.15) is 10.8 Å². The van der Waals surface area contributed by atoms with Crippen LogP contribution in [0.2, 0.25) is 0 Å². The molecule has 1 heterocycles. The highest BCUT2D eigenvalue weighted by Crippen LogP contribution is 2.14. The second-order valence-electron chi connectivity index (χ2n) is 5.15. The Morgan fingerprint density at radius 1 is 1.29 bits per heavy atom. The second kappa shape index (κ2) is 6.35. The molecule has 0 saturated carbocycles. The van der Waals surface area contributed by atoms with Crippen molar-refractivity contribution >= 4 is 27.2 Å². The first-order valence-electron chi connectivity index (χ1n) is 6.52. The molecule has 0 aromatic heterocycles. The summed E-state index contributed by atoms with van der Waals surface area (Å²) in [6.07, 6.45) is 1.21. The summed E-state index contributed by atoms with van der Waals surface area (Å²) in [6, 6.07) is 4.53. The highest BCUT2D eigenvalue weighted by molar-refractivity contribution is 7.88. The number of hydrogen-bond donors (Lipinski definition) is 1. The molecule has 1 saturated heterocycles. The first kappa shape index (κ1) is 16.3. The van der Waals surface area contributed by atoms with Crippen LogP contribution in [0, 0.1) is 5.82 Å². The molecular weight excluding hydrogens is 313 g/mol. The molecule has 2 N–H and O–H groups in total. The lowest BCUT2D eigenvalue weighted by molar-refractivity contribution is 0.182. The highest BCUT2D eigenvalue weighted by atomic mass is 32.2. The first-order chi connectivity index (χ1) is 9.75. The van der Waals surface area contributed by atoms with E-state index >= 15 is 0 Å². The van der Waals surface area contributed by atoms with E-state index in [1.165, 1.54) is 22.7 Å². The molecule has 1 aromatic carbocycles. The number of sulfonamides is 1. The smallest absolute Gasteiger partial charge is 0.211 e. The summed E-state index contributed by atoms with van der Waals surface area (Å²) in [5.74, 6) is -0.370. The molecule has 0 radical (unpaired) electrons. The molecule has 8 heteroatoms. The zero-order chi connectivity index (χ0) is 15.6. The van der Waals surface area contributed by atoms with Gasteiger partial charge in [-0.15, -0.1) is 0 Å². The topological polar surface area (TPSA) is 66.6 Å². The van der Waals surface area contributed by atoms with Crippen molar-refractivity contribution in [3.63, 3.8) is 0 Å². The summed E-state index contributed by atoms with van der Waals surface area (Å²) < 4.78 is 37.9. The van der Waals surface area contributed by atoms with E-state index in [2.05, 4.69) is 4.90 Å². The fraction of sp³-hybridized carbons (Fsp3) is 0.462. The minimum atomic E-state index is -3.13. The van der Waals surface area contributed by atoms with Gasteiger partial charge < -0.3 is 5.73 Å². The van der Waals surface area contributed by atoms with Crippen LogP contribution in [0.25, 0.3) is 0 Å². The number of hydrogen-bond acceptors (Lipinski definition) is 4. The van der Waals surface area contributed by atoms with Gasteiger partial charge in [-0.1, -0.05) is 12.2 Å². The predicted octanol–water partition coefficient (Wildman–Crippen LogP) is 0.537. The zero-order valence-electron chi connectivity index (χ0n) is 11.8. The fourth-order valence-corrected chi connectivity index (χ4v) is 3.31. The molecule has 0 amide bonds. The van der Waals surface area contributed by atoms with Gasteiger partial charge >= 0.3 is 0 Å². The number of rotatable bonds is 4. The van der Waals surface area contributed by atoms with Crippen molar-refractivity contribution in [1.29, 1.82) is 0 Å². The van der Waals surface area contributed by atoms with Crippen molar-refractivity contribution in [3.8, 4) is 0 Å². The molecule has 1 fully saturated rings. The molecule has 5 nitrogen and oxygen atoms in total. The van der Waals surface area contributed by atoms with Gasteiger partial charge in [0.15, 0.2) is 0 Å². The normalized spacial score (nSPS) is 17.8. The Morgan fingerprint density at radius 2 is 1.90 bits per heavy atom. The molecule has 2 rings (SSSR count). The van der Waals surface area contributed by atoms with E-state index in [1.807, 2.05) is 0 Å². The maximum Gasteiger partial charge on any atom is 0.211 e. The van der Waals surface area contributed by atoms with E-state index in [0.717, 1.165) is 5.56 Å².